The first-order chi connectivity index (χ1) is 15.3. The summed E-state index contributed by atoms with van der Waals surface area (Å²) in [6.45, 7) is 5.42. The molecule has 1 atom stereocenters. The number of morpholine rings is 1. The van der Waals surface area contributed by atoms with Crippen LogP contribution in [0.15, 0.2) is 36.5 Å². The summed E-state index contributed by atoms with van der Waals surface area (Å²) in [5.74, 6) is 0.398. The van der Waals surface area contributed by atoms with Crippen LogP contribution in [0, 0.1) is 6.92 Å². The molecule has 0 bridgehead atoms. The van der Waals surface area contributed by atoms with Gasteiger partial charge in [-0.25, -0.2) is 0 Å². The Kier molecular flexibility index (Phi) is 6.52. The highest BCUT2D eigenvalue weighted by molar-refractivity contribution is 5.29. The number of halogens is 3. The van der Waals surface area contributed by atoms with E-state index in [2.05, 4.69) is 27.1 Å². The normalized spacial score (nSPS) is 17.6. The average Bonchev–Trinajstić information content (AvgIpc) is 3.36. The van der Waals surface area contributed by atoms with Crippen LogP contribution in [0.4, 0.5) is 13.2 Å². The molecule has 0 saturated carbocycles. The van der Waals surface area contributed by atoms with Crippen LogP contribution in [0.3, 0.4) is 0 Å². The van der Waals surface area contributed by atoms with Gasteiger partial charge in [0.2, 0.25) is 0 Å². The number of rotatable bonds is 7. The summed E-state index contributed by atoms with van der Waals surface area (Å²) in [6, 6.07) is 6.65. The predicted octanol–water partition coefficient (Wildman–Crippen LogP) is 3.67. The van der Waals surface area contributed by atoms with Crippen molar-refractivity contribution in [3.8, 4) is 5.75 Å². The summed E-state index contributed by atoms with van der Waals surface area (Å²) >= 11 is 0. The summed E-state index contributed by atoms with van der Waals surface area (Å²) < 4.78 is 51.3. The molecule has 0 spiro atoms. The number of ether oxygens (including phenoxy) is 2. The molecular weight excluding hydrogens is 423 g/mol. The topological polar surface area (TPSA) is 68.2 Å². The number of nitrogens with zero attached hydrogens (tertiary/aromatic N) is 4. The van der Waals surface area contributed by atoms with E-state index in [1.54, 1.807) is 0 Å². The van der Waals surface area contributed by atoms with Crippen LogP contribution >= 0.6 is 0 Å². The van der Waals surface area contributed by atoms with Crippen LogP contribution in [-0.2, 0) is 30.9 Å². The van der Waals surface area contributed by atoms with Crippen molar-refractivity contribution in [2.45, 2.75) is 32.2 Å². The second-order valence-electron chi connectivity index (χ2n) is 7.91. The molecule has 10 heteroatoms. The Hall–Kier alpha value is -2.85. The van der Waals surface area contributed by atoms with Gasteiger partial charge in [-0.1, -0.05) is 0 Å². The standard InChI is InChI=1S/C22H26F3N5O2/c1-15-16(12-26-29(15)2)13-30-8-10-32-21(14-30)20-11-18(27-28-20)7-9-31-19-5-3-17(4-6-19)22(23,24)25/h3-6,11-12,21H,7-10,13-14H2,1-2H3,(H,27,28)/t21-/m1/s1. The number of hydrogen-bond acceptors (Lipinski definition) is 5. The Labute approximate surface area is 184 Å². The molecule has 0 radical (unpaired) electrons. The Morgan fingerprint density at radius 1 is 1.25 bits per heavy atom. The summed E-state index contributed by atoms with van der Waals surface area (Å²) in [4.78, 5) is 2.33. The van der Waals surface area contributed by atoms with Gasteiger partial charge in [-0.15, -0.1) is 0 Å². The summed E-state index contributed by atoms with van der Waals surface area (Å²) in [6.07, 6.45) is -2.01. The van der Waals surface area contributed by atoms with Crippen LogP contribution in [0.1, 0.15) is 34.3 Å². The number of aromatic amines is 1. The second kappa shape index (κ2) is 9.33. The van der Waals surface area contributed by atoms with Gasteiger partial charge in [0.15, 0.2) is 0 Å². The minimum atomic E-state index is -4.35. The summed E-state index contributed by atoms with van der Waals surface area (Å²) in [5, 5.41) is 11.7. The Balaban J connectivity index is 1.28. The van der Waals surface area contributed by atoms with E-state index in [1.807, 2.05) is 24.0 Å². The number of aryl methyl sites for hydroxylation is 1. The highest BCUT2D eigenvalue weighted by atomic mass is 19.4. The third-order valence-electron chi connectivity index (χ3n) is 5.68. The number of H-pyrrole nitrogens is 1. The third kappa shape index (κ3) is 5.31. The maximum absolute atomic E-state index is 12.6. The molecular formula is C22H26F3N5O2. The van der Waals surface area contributed by atoms with Crippen molar-refractivity contribution in [3.05, 3.63) is 64.7 Å². The Morgan fingerprint density at radius 2 is 2.03 bits per heavy atom. The average molecular weight is 449 g/mol. The van der Waals surface area contributed by atoms with Gasteiger partial charge in [-0.05, 0) is 37.3 Å². The van der Waals surface area contributed by atoms with Crippen molar-refractivity contribution in [2.24, 2.45) is 7.05 Å². The van der Waals surface area contributed by atoms with Crippen molar-refractivity contribution in [1.82, 2.24) is 24.9 Å². The van der Waals surface area contributed by atoms with Gasteiger partial charge in [-0.3, -0.25) is 14.7 Å². The van der Waals surface area contributed by atoms with E-state index in [4.69, 9.17) is 9.47 Å². The van der Waals surface area contributed by atoms with E-state index >= 15 is 0 Å². The van der Waals surface area contributed by atoms with Crippen molar-refractivity contribution in [2.75, 3.05) is 26.3 Å². The minimum Gasteiger partial charge on any atom is -0.493 e. The zero-order valence-electron chi connectivity index (χ0n) is 18.0. The first-order valence-electron chi connectivity index (χ1n) is 10.5. The highest BCUT2D eigenvalue weighted by Gasteiger charge is 2.30. The minimum absolute atomic E-state index is 0.124. The van der Waals surface area contributed by atoms with E-state index in [1.165, 1.54) is 17.7 Å². The number of hydrogen-bond donors (Lipinski definition) is 1. The van der Waals surface area contributed by atoms with Gasteiger partial charge in [0.25, 0.3) is 0 Å². The lowest BCUT2D eigenvalue weighted by Gasteiger charge is -2.32. The van der Waals surface area contributed by atoms with Crippen molar-refractivity contribution < 1.29 is 22.6 Å². The number of nitrogens with one attached hydrogen (secondary N) is 1. The summed E-state index contributed by atoms with van der Waals surface area (Å²) in [7, 11) is 1.94. The van der Waals surface area contributed by atoms with E-state index in [9.17, 15) is 13.2 Å². The van der Waals surface area contributed by atoms with Gasteiger partial charge in [0.05, 0.1) is 30.7 Å². The lowest BCUT2D eigenvalue weighted by Crippen LogP contribution is -2.38. The zero-order valence-corrected chi connectivity index (χ0v) is 18.0. The van der Waals surface area contributed by atoms with Crippen molar-refractivity contribution in [3.63, 3.8) is 0 Å². The van der Waals surface area contributed by atoms with Crippen LogP contribution in [-0.4, -0.2) is 51.2 Å². The SMILES string of the molecule is Cc1c(CN2CCO[C@@H](c3cc(CCOc4ccc(C(F)(F)F)cc4)[nH]n3)C2)cnn1C. The molecule has 2 aromatic heterocycles. The molecule has 32 heavy (non-hydrogen) atoms. The number of benzene rings is 1. The van der Waals surface area contributed by atoms with Crippen molar-refractivity contribution in [1.29, 1.82) is 0 Å². The first-order valence-corrected chi connectivity index (χ1v) is 10.5. The van der Waals surface area contributed by atoms with E-state index in [-0.39, 0.29) is 6.10 Å². The maximum atomic E-state index is 12.6. The van der Waals surface area contributed by atoms with Crippen LogP contribution in [0.2, 0.25) is 0 Å². The highest BCUT2D eigenvalue weighted by Crippen LogP contribution is 2.30. The van der Waals surface area contributed by atoms with E-state index in [0.717, 1.165) is 48.8 Å². The molecule has 0 amide bonds. The quantitative estimate of drug-likeness (QED) is 0.596. The smallest absolute Gasteiger partial charge is 0.416 e. The van der Waals surface area contributed by atoms with Gasteiger partial charge in [0.1, 0.15) is 11.9 Å². The Morgan fingerprint density at radius 3 is 2.72 bits per heavy atom. The van der Waals surface area contributed by atoms with Gasteiger partial charge in [-0.2, -0.15) is 23.4 Å². The maximum Gasteiger partial charge on any atom is 0.416 e. The third-order valence-corrected chi connectivity index (χ3v) is 5.68. The van der Waals surface area contributed by atoms with E-state index < -0.39 is 11.7 Å². The molecule has 3 heterocycles. The molecule has 0 unspecified atom stereocenters. The number of aromatic nitrogens is 4. The Bertz CT molecular complexity index is 1030. The van der Waals surface area contributed by atoms with Crippen LogP contribution < -0.4 is 4.74 Å². The fraction of sp³-hybridized carbons (Fsp3) is 0.455. The number of alkyl halides is 3. The fourth-order valence-corrected chi connectivity index (χ4v) is 3.66. The molecule has 7 nitrogen and oxygen atoms in total. The fourth-order valence-electron chi connectivity index (χ4n) is 3.66. The van der Waals surface area contributed by atoms with Gasteiger partial charge < -0.3 is 9.47 Å². The lowest BCUT2D eigenvalue weighted by atomic mass is 10.1. The molecule has 0 aliphatic carbocycles. The molecule has 1 fully saturated rings. The zero-order chi connectivity index (χ0) is 22.7. The molecule has 4 rings (SSSR count). The summed E-state index contributed by atoms with van der Waals surface area (Å²) in [5.41, 5.74) is 3.39. The predicted molar refractivity (Wildman–Crippen MR) is 111 cm³/mol. The molecule has 172 valence electrons. The molecule has 1 aliphatic rings. The van der Waals surface area contributed by atoms with Gasteiger partial charge >= 0.3 is 6.18 Å². The van der Waals surface area contributed by atoms with Crippen LogP contribution in [0.5, 0.6) is 5.75 Å². The van der Waals surface area contributed by atoms with Crippen LogP contribution in [0.25, 0.3) is 0 Å². The first kappa shape index (κ1) is 22.3. The largest absolute Gasteiger partial charge is 0.493 e. The molecule has 1 aromatic carbocycles. The lowest BCUT2D eigenvalue weighted by molar-refractivity contribution is -0.137. The monoisotopic (exact) mass is 449 g/mol. The molecule has 1 N–H and O–H groups in total. The van der Waals surface area contributed by atoms with Gasteiger partial charge in [0, 0.05) is 50.1 Å². The second-order valence-corrected chi connectivity index (χ2v) is 7.91. The molecule has 1 saturated heterocycles. The van der Waals surface area contributed by atoms with Crippen molar-refractivity contribution >= 4 is 0 Å². The van der Waals surface area contributed by atoms with E-state index in [0.29, 0.717) is 25.4 Å². The molecule has 1 aliphatic heterocycles. The molecule has 3 aromatic rings.